The van der Waals surface area contributed by atoms with Crippen LogP contribution < -0.4 is 4.90 Å². The molecule has 0 amide bonds. The fourth-order valence-electron chi connectivity index (χ4n) is 11.2. The summed E-state index contributed by atoms with van der Waals surface area (Å²) in [5.41, 5.74) is 20.0. The van der Waals surface area contributed by atoms with Gasteiger partial charge in [-0.2, -0.15) is 0 Å². The van der Waals surface area contributed by atoms with E-state index in [1.807, 2.05) is 11.3 Å². The van der Waals surface area contributed by atoms with Gasteiger partial charge in [-0.25, -0.2) is 0 Å². The molecule has 0 saturated carbocycles. The van der Waals surface area contributed by atoms with Crippen LogP contribution in [0, 0.1) is 0 Å². The van der Waals surface area contributed by atoms with Gasteiger partial charge in [-0.1, -0.05) is 166 Å². The van der Waals surface area contributed by atoms with Crippen LogP contribution in [0.1, 0.15) is 25.0 Å². The Morgan fingerprint density at radius 3 is 1.88 bits per heavy atom. The van der Waals surface area contributed by atoms with Gasteiger partial charge in [0.25, 0.3) is 0 Å². The zero-order valence-corrected chi connectivity index (χ0v) is 37.8. The molecule has 1 aliphatic carbocycles. The van der Waals surface area contributed by atoms with E-state index >= 15 is 0 Å². The molecule has 0 spiro atoms. The molecule has 0 atom stereocenters. The van der Waals surface area contributed by atoms with Gasteiger partial charge in [-0.15, -0.1) is 11.3 Å². The van der Waals surface area contributed by atoms with Crippen molar-refractivity contribution < 1.29 is 4.42 Å². The molecule has 67 heavy (non-hydrogen) atoms. The van der Waals surface area contributed by atoms with E-state index in [4.69, 9.17) is 4.42 Å². The van der Waals surface area contributed by atoms with Gasteiger partial charge in [0.1, 0.15) is 16.0 Å². The smallest absolute Gasteiger partial charge is 0.137 e. The number of fused-ring (bicyclic) bond motifs is 13. The molecule has 3 heterocycles. The predicted molar refractivity (Wildman–Crippen MR) is 284 cm³/mol. The molecule has 0 aliphatic heterocycles. The molecule has 0 saturated heterocycles. The van der Waals surface area contributed by atoms with Crippen molar-refractivity contribution in [2.24, 2.45) is 0 Å². The highest BCUT2D eigenvalue weighted by Gasteiger charge is 2.37. The molecule has 316 valence electrons. The van der Waals surface area contributed by atoms with Crippen LogP contribution in [0.5, 0.6) is 0 Å². The second-order valence-electron chi connectivity index (χ2n) is 18.5. The molecule has 0 N–H and O–H groups in total. The number of aromatic nitrogens is 1. The largest absolute Gasteiger partial charge is 0.456 e. The third-order valence-electron chi connectivity index (χ3n) is 14.4. The zero-order chi connectivity index (χ0) is 44.4. The van der Waals surface area contributed by atoms with E-state index in [1.54, 1.807) is 0 Å². The van der Waals surface area contributed by atoms with Gasteiger partial charge in [0.05, 0.1) is 15.7 Å². The van der Waals surface area contributed by atoms with E-state index in [2.05, 4.69) is 242 Å². The zero-order valence-electron chi connectivity index (χ0n) is 37.0. The molecule has 0 radical (unpaired) electrons. The maximum Gasteiger partial charge on any atom is 0.137 e. The van der Waals surface area contributed by atoms with Gasteiger partial charge >= 0.3 is 0 Å². The van der Waals surface area contributed by atoms with Crippen molar-refractivity contribution in [3.63, 3.8) is 0 Å². The first-order valence-corrected chi connectivity index (χ1v) is 23.9. The van der Waals surface area contributed by atoms with Crippen LogP contribution >= 0.6 is 11.3 Å². The van der Waals surface area contributed by atoms with Gasteiger partial charge < -0.3 is 9.32 Å². The van der Waals surface area contributed by atoms with Crippen LogP contribution in [-0.4, -0.2) is 4.40 Å². The van der Waals surface area contributed by atoms with Crippen molar-refractivity contribution in [1.29, 1.82) is 0 Å². The lowest BCUT2D eigenvalue weighted by Crippen LogP contribution is -2.16. The Balaban J connectivity index is 0.892. The van der Waals surface area contributed by atoms with E-state index in [0.717, 1.165) is 39.0 Å². The molecule has 14 rings (SSSR count). The molecule has 0 unspecified atom stereocenters. The van der Waals surface area contributed by atoms with E-state index < -0.39 is 0 Å². The number of benzene rings is 10. The maximum absolute atomic E-state index is 6.65. The molecule has 13 aromatic rings. The number of anilines is 3. The van der Waals surface area contributed by atoms with Gasteiger partial charge in [0.15, 0.2) is 0 Å². The minimum absolute atomic E-state index is 0.254. The molecule has 1 aliphatic rings. The van der Waals surface area contributed by atoms with Crippen LogP contribution in [0.15, 0.2) is 223 Å². The lowest BCUT2D eigenvalue weighted by molar-refractivity contribution is 0.660. The first-order chi connectivity index (χ1) is 33.0. The Bertz CT molecular complexity index is 4120. The average molecular weight is 875 g/mol. The number of para-hydroxylation sites is 1. The van der Waals surface area contributed by atoms with Crippen molar-refractivity contribution in [1.82, 2.24) is 4.40 Å². The lowest BCUT2D eigenvalue weighted by Gasteiger charge is -2.28. The molecule has 3 nitrogen and oxygen atoms in total. The first-order valence-electron chi connectivity index (χ1n) is 23.1. The Labute approximate surface area is 392 Å². The van der Waals surface area contributed by atoms with Gasteiger partial charge in [0.2, 0.25) is 0 Å². The van der Waals surface area contributed by atoms with Crippen molar-refractivity contribution in [2.75, 3.05) is 4.90 Å². The lowest BCUT2D eigenvalue weighted by atomic mass is 9.81. The standard InChI is InChI=1S/C63H42N2OS/c1-63(2)53-36-43(48-21-13-23-56-61(48)67-62-59(42-17-7-4-8-18-42)51-20-11-12-22-55(51)65(56)62)26-32-49(53)50-33-30-45(37-54(50)63)64(44-28-24-40(25-29-44)39-14-5-3-6-15-39)46-31-34-52-58(38-46)66-57-35-27-41-16-9-10-19-47(41)60(52)57/h3-38H,1-2H3. The van der Waals surface area contributed by atoms with E-state index in [-0.39, 0.29) is 5.41 Å². The summed E-state index contributed by atoms with van der Waals surface area (Å²) in [7, 11) is 0. The fourth-order valence-corrected chi connectivity index (χ4v) is 12.5. The van der Waals surface area contributed by atoms with Crippen molar-refractivity contribution in [2.45, 2.75) is 19.3 Å². The van der Waals surface area contributed by atoms with Crippen LogP contribution in [0.3, 0.4) is 0 Å². The highest BCUT2D eigenvalue weighted by atomic mass is 32.1. The molecule has 10 aromatic carbocycles. The number of hydrogen-bond donors (Lipinski definition) is 0. The summed E-state index contributed by atoms with van der Waals surface area (Å²) >= 11 is 1.90. The average Bonchev–Trinajstić information content (AvgIpc) is 4.10. The van der Waals surface area contributed by atoms with Gasteiger partial charge in [-0.05, 0) is 116 Å². The third-order valence-corrected chi connectivity index (χ3v) is 15.6. The van der Waals surface area contributed by atoms with Crippen molar-refractivity contribution in [3.05, 3.63) is 230 Å². The minimum Gasteiger partial charge on any atom is -0.456 e. The fraction of sp³-hybridized carbons (Fsp3) is 0.0476. The highest BCUT2D eigenvalue weighted by Crippen LogP contribution is 2.53. The van der Waals surface area contributed by atoms with E-state index in [9.17, 15) is 0 Å². The molecule has 4 heteroatoms. The second-order valence-corrected chi connectivity index (χ2v) is 19.5. The molecular weight excluding hydrogens is 833 g/mol. The molecule has 0 bridgehead atoms. The van der Waals surface area contributed by atoms with Gasteiger partial charge in [-0.3, -0.25) is 4.40 Å². The Kier molecular flexibility index (Phi) is 8.20. The van der Waals surface area contributed by atoms with Crippen molar-refractivity contribution in [3.8, 4) is 44.5 Å². The number of nitrogens with zero attached hydrogens (tertiary/aromatic N) is 2. The summed E-state index contributed by atoms with van der Waals surface area (Å²) in [5.74, 6) is 0. The van der Waals surface area contributed by atoms with E-state index in [0.29, 0.717) is 0 Å². The minimum atomic E-state index is -0.254. The monoisotopic (exact) mass is 874 g/mol. The molecular formula is C63H42N2OS. The number of furan rings is 1. The number of rotatable bonds is 6. The van der Waals surface area contributed by atoms with Crippen LogP contribution in [0.4, 0.5) is 17.1 Å². The number of hydrogen-bond acceptors (Lipinski definition) is 3. The topological polar surface area (TPSA) is 20.8 Å². The Morgan fingerprint density at radius 1 is 0.433 bits per heavy atom. The normalized spacial score (nSPS) is 13.0. The molecule has 0 fully saturated rings. The summed E-state index contributed by atoms with van der Waals surface area (Å²) in [6.07, 6.45) is 0. The van der Waals surface area contributed by atoms with Crippen LogP contribution in [0.25, 0.3) is 103 Å². The van der Waals surface area contributed by atoms with Crippen LogP contribution in [0.2, 0.25) is 0 Å². The predicted octanol–water partition coefficient (Wildman–Crippen LogP) is 18.1. The third kappa shape index (κ3) is 5.70. The summed E-state index contributed by atoms with van der Waals surface area (Å²) in [4.78, 5) is 3.67. The first kappa shape index (κ1) is 38.1. The Morgan fingerprint density at radius 2 is 1.06 bits per heavy atom. The SMILES string of the molecule is CC1(C)c2cc(-c3cccc4c3sc3c(-c5ccccc5)c5ccccc5n34)ccc2-c2ccc(N(c3ccc(-c4ccccc4)cc3)c3ccc4c(c3)oc3ccc5ccccc5c34)cc21. The Hall–Kier alpha value is -8.18. The summed E-state index contributed by atoms with van der Waals surface area (Å²) in [6, 6.07) is 79.8. The molecule has 3 aromatic heterocycles. The second kappa shape index (κ2) is 14.4. The summed E-state index contributed by atoms with van der Waals surface area (Å²) < 4.78 is 10.4. The van der Waals surface area contributed by atoms with Crippen LogP contribution in [-0.2, 0) is 5.41 Å². The number of thiazole rings is 1. The van der Waals surface area contributed by atoms with Gasteiger partial charge in [0, 0.05) is 55.8 Å². The highest BCUT2D eigenvalue weighted by molar-refractivity contribution is 7.25. The van der Waals surface area contributed by atoms with E-state index in [1.165, 1.54) is 92.4 Å². The summed E-state index contributed by atoms with van der Waals surface area (Å²) in [6.45, 7) is 4.78. The summed E-state index contributed by atoms with van der Waals surface area (Å²) in [5, 5.41) is 5.99. The quantitative estimate of drug-likeness (QED) is 0.166. The maximum atomic E-state index is 6.65. The van der Waals surface area contributed by atoms with Crippen molar-refractivity contribution >= 4 is 87.1 Å².